The molecule has 0 atom stereocenters. The third-order valence-electron chi connectivity index (χ3n) is 7.09. The molecular weight excluding hydrogens is 550 g/mol. The van der Waals surface area contributed by atoms with Crippen LogP contribution >= 0.6 is 0 Å². The van der Waals surface area contributed by atoms with Gasteiger partial charge in [0.1, 0.15) is 32.8 Å². The number of carboxylic acid groups (broad SMARTS) is 2. The molecule has 1 heterocycles. The molecule has 0 fully saturated rings. The number of hydrogen-bond acceptors (Lipinski definition) is 4. The normalized spacial score (nSPS) is 15.9. The zero-order valence-corrected chi connectivity index (χ0v) is 22.8. The van der Waals surface area contributed by atoms with Crippen LogP contribution in [0.2, 0.25) is 13.1 Å². The van der Waals surface area contributed by atoms with Gasteiger partial charge in [0.15, 0.2) is 11.7 Å². The number of rotatable bonds is 6. The van der Waals surface area contributed by atoms with Crippen molar-refractivity contribution in [2.45, 2.75) is 26.9 Å². The van der Waals surface area contributed by atoms with Gasteiger partial charge in [-0.25, -0.2) is 17.6 Å². The zero-order chi connectivity index (χ0) is 29.8. The van der Waals surface area contributed by atoms with Crippen LogP contribution in [0.4, 0.5) is 17.6 Å². The Labute approximate surface area is 226 Å². The van der Waals surface area contributed by atoms with Crippen molar-refractivity contribution >= 4 is 42.5 Å². The van der Waals surface area contributed by atoms with E-state index in [1.807, 2.05) is 0 Å². The predicted octanol–water partition coefficient (Wildman–Crippen LogP) is 4.12. The molecule has 2 N–H and O–H groups in total. The molecule has 12 heteroatoms. The number of carboxylic acids is 2. The summed E-state index contributed by atoms with van der Waals surface area (Å²) in [6.07, 6.45) is 0.851. The average molecular weight is 574 g/mol. The summed E-state index contributed by atoms with van der Waals surface area (Å²) in [5.74, 6) is -9.72. The van der Waals surface area contributed by atoms with Crippen molar-refractivity contribution < 1.29 is 47.0 Å². The van der Waals surface area contributed by atoms with Crippen molar-refractivity contribution in [1.82, 2.24) is 4.90 Å². The number of Topliss-reactive ketones (excluding diaryl/α,β-unsaturated/α-hetero) is 1. The molecule has 2 aromatic rings. The van der Waals surface area contributed by atoms with Crippen molar-refractivity contribution in [3.63, 3.8) is 0 Å². The van der Waals surface area contributed by atoms with E-state index in [1.165, 1.54) is 32.0 Å². The zero-order valence-electron chi connectivity index (χ0n) is 21.8. The highest BCUT2D eigenvalue weighted by atomic mass is 28.3. The minimum Gasteiger partial charge on any atom is -0.480 e. The SMILES string of the molecule is Cc1cc(C(=O)N(CC(=O)O)CC(=O)O)ccc1C1=C2C=C(F)C(=O)C(F)=C2[Si](C)(C)c2c1cc(F)c(C)c2F. The number of carbonyl (C=O) groups is 4. The van der Waals surface area contributed by atoms with Gasteiger partial charge in [-0.05, 0) is 76.3 Å². The van der Waals surface area contributed by atoms with E-state index in [9.17, 15) is 28.0 Å². The maximum absolute atomic E-state index is 15.7. The standard InChI is InChI=1S/C28H23F4NO6Si/c1-12-7-14(28(39)33(10-20(34)35)11-21(36)37)5-6-15(12)22-16-8-18(29)13(2)23(31)26(16)40(3,4)27-17(22)9-19(30)25(38)24(27)32/h5-9H,10-11H2,1-4H3,(H,34,35)(H,36,37). The number of halogens is 4. The average Bonchev–Trinajstić information content (AvgIpc) is 2.84. The number of nitrogens with zero attached hydrogens (tertiary/aromatic N) is 1. The van der Waals surface area contributed by atoms with Gasteiger partial charge in [-0.2, -0.15) is 0 Å². The summed E-state index contributed by atoms with van der Waals surface area (Å²) in [6, 6.07) is 5.01. The minimum absolute atomic E-state index is 0.0347. The summed E-state index contributed by atoms with van der Waals surface area (Å²) in [5.41, 5.74) is 0.247. The van der Waals surface area contributed by atoms with Crippen LogP contribution in [0.5, 0.6) is 0 Å². The highest BCUT2D eigenvalue weighted by molar-refractivity contribution is 6.98. The predicted molar refractivity (Wildman–Crippen MR) is 139 cm³/mol. The van der Waals surface area contributed by atoms with Gasteiger partial charge in [0.05, 0.1) is 0 Å². The van der Waals surface area contributed by atoms with E-state index in [4.69, 9.17) is 10.2 Å². The summed E-state index contributed by atoms with van der Waals surface area (Å²) in [6.45, 7) is 4.16. The molecule has 0 radical (unpaired) electrons. The van der Waals surface area contributed by atoms with E-state index in [2.05, 4.69) is 0 Å². The summed E-state index contributed by atoms with van der Waals surface area (Å²) in [5, 5.41) is 18.1. The number of allylic oxidation sites excluding steroid dienone is 5. The fourth-order valence-electron chi connectivity index (χ4n) is 5.28. The molecule has 1 aliphatic heterocycles. The Kier molecular flexibility index (Phi) is 7.18. The van der Waals surface area contributed by atoms with Crippen LogP contribution in [0.3, 0.4) is 0 Å². The topological polar surface area (TPSA) is 112 Å². The van der Waals surface area contributed by atoms with Crippen LogP contribution in [0.15, 0.2) is 52.8 Å². The summed E-state index contributed by atoms with van der Waals surface area (Å²) < 4.78 is 60.6. The van der Waals surface area contributed by atoms with Gasteiger partial charge in [-0.1, -0.05) is 19.2 Å². The Hall–Kier alpha value is -4.32. The number of fused-ring (bicyclic) bond motifs is 2. The molecule has 4 rings (SSSR count). The molecule has 1 amide bonds. The van der Waals surface area contributed by atoms with Gasteiger partial charge in [0.2, 0.25) is 5.78 Å². The van der Waals surface area contributed by atoms with E-state index >= 15 is 8.78 Å². The molecule has 7 nitrogen and oxygen atoms in total. The van der Waals surface area contributed by atoms with Crippen LogP contribution in [0.25, 0.3) is 5.57 Å². The van der Waals surface area contributed by atoms with Gasteiger partial charge in [-0.15, -0.1) is 0 Å². The number of aliphatic carboxylic acids is 2. The van der Waals surface area contributed by atoms with Gasteiger partial charge >= 0.3 is 11.9 Å². The number of ketones is 1. The monoisotopic (exact) mass is 573 g/mol. The number of hydrogen-bond donors (Lipinski definition) is 2. The van der Waals surface area contributed by atoms with Crippen molar-refractivity contribution in [3.8, 4) is 0 Å². The lowest BCUT2D eigenvalue weighted by atomic mass is 9.86. The second kappa shape index (κ2) is 10.0. The number of carbonyl (C=O) groups excluding carboxylic acids is 2. The molecule has 40 heavy (non-hydrogen) atoms. The van der Waals surface area contributed by atoms with Crippen molar-refractivity contribution in [2.24, 2.45) is 0 Å². The lowest BCUT2D eigenvalue weighted by Gasteiger charge is -2.38. The van der Waals surface area contributed by atoms with Crippen molar-refractivity contribution in [3.05, 3.63) is 92.2 Å². The first kappa shape index (κ1) is 28.7. The smallest absolute Gasteiger partial charge is 0.323 e. The Morgan fingerprint density at radius 3 is 2.08 bits per heavy atom. The van der Waals surface area contributed by atoms with Gasteiger partial charge in [0, 0.05) is 11.1 Å². The first-order valence-corrected chi connectivity index (χ1v) is 15.0. The van der Waals surface area contributed by atoms with Gasteiger partial charge in [-0.3, -0.25) is 19.2 Å². The second-order valence-electron chi connectivity index (χ2n) is 10.1. The molecule has 0 aromatic heterocycles. The summed E-state index contributed by atoms with van der Waals surface area (Å²) in [4.78, 5) is 48.2. The Bertz CT molecular complexity index is 1620. The van der Waals surface area contributed by atoms with Crippen LogP contribution in [0, 0.1) is 25.5 Å². The Morgan fingerprint density at radius 1 is 0.925 bits per heavy atom. The highest BCUT2D eigenvalue weighted by Gasteiger charge is 2.47. The number of benzene rings is 2. The molecule has 0 saturated carbocycles. The third kappa shape index (κ3) is 4.57. The first-order chi connectivity index (χ1) is 18.6. The molecule has 2 aromatic carbocycles. The van der Waals surface area contributed by atoms with Crippen LogP contribution in [-0.2, 0) is 14.4 Å². The largest absolute Gasteiger partial charge is 0.480 e. The van der Waals surface area contributed by atoms with E-state index in [1.54, 1.807) is 13.1 Å². The van der Waals surface area contributed by atoms with Crippen LogP contribution in [0.1, 0.15) is 32.6 Å². The van der Waals surface area contributed by atoms with Crippen molar-refractivity contribution in [2.75, 3.05) is 13.1 Å². The quantitative estimate of drug-likeness (QED) is 0.397. The van der Waals surface area contributed by atoms with E-state index < -0.39 is 68.1 Å². The third-order valence-corrected chi connectivity index (χ3v) is 10.6. The van der Waals surface area contributed by atoms with Crippen LogP contribution in [-0.4, -0.2) is 59.9 Å². The number of amides is 1. The minimum atomic E-state index is -3.37. The molecule has 208 valence electrons. The van der Waals surface area contributed by atoms with E-state index in [0.29, 0.717) is 10.5 Å². The molecule has 0 unspecified atom stereocenters. The van der Waals surface area contributed by atoms with Crippen LogP contribution < -0.4 is 5.19 Å². The summed E-state index contributed by atoms with van der Waals surface area (Å²) >= 11 is 0. The molecule has 0 spiro atoms. The van der Waals surface area contributed by atoms with Gasteiger partial charge < -0.3 is 15.1 Å². The van der Waals surface area contributed by atoms with Gasteiger partial charge in [0.25, 0.3) is 5.91 Å². The Morgan fingerprint density at radius 2 is 1.52 bits per heavy atom. The van der Waals surface area contributed by atoms with Crippen molar-refractivity contribution in [1.29, 1.82) is 0 Å². The number of aryl methyl sites for hydroxylation is 1. The lowest BCUT2D eigenvalue weighted by molar-refractivity contribution is -0.140. The fourth-order valence-corrected chi connectivity index (χ4v) is 8.67. The molecule has 0 saturated heterocycles. The maximum atomic E-state index is 15.7. The molecule has 0 bridgehead atoms. The maximum Gasteiger partial charge on any atom is 0.323 e. The Balaban J connectivity index is 2.00. The molecular formula is C28H23F4NO6Si. The fraction of sp³-hybridized carbons (Fsp3) is 0.214. The molecule has 1 aliphatic carbocycles. The summed E-state index contributed by atoms with van der Waals surface area (Å²) in [7, 11) is -3.37. The lowest BCUT2D eigenvalue weighted by Crippen LogP contribution is -2.52. The van der Waals surface area contributed by atoms with E-state index in [-0.39, 0.29) is 43.8 Å². The highest BCUT2D eigenvalue weighted by Crippen LogP contribution is 2.46. The van der Waals surface area contributed by atoms with E-state index in [0.717, 1.165) is 12.1 Å². The second-order valence-corrected chi connectivity index (χ2v) is 14.4. The first-order valence-electron chi connectivity index (χ1n) is 12.0. The molecule has 2 aliphatic rings.